The van der Waals surface area contributed by atoms with Crippen LogP contribution in [0.1, 0.15) is 19.4 Å². The number of hydrogen-bond acceptors (Lipinski definition) is 3. The molecule has 2 rings (SSSR count). The van der Waals surface area contributed by atoms with Crippen molar-refractivity contribution in [2.45, 2.75) is 26.4 Å². The second-order valence-corrected chi connectivity index (χ2v) is 6.06. The molecule has 112 valence electrons. The molecule has 0 aliphatic heterocycles. The Morgan fingerprint density at radius 3 is 2.67 bits per heavy atom. The highest BCUT2D eigenvalue weighted by atomic mass is 32.1. The molecule has 1 aromatic carbocycles. The molecule has 0 saturated carbocycles. The molecule has 0 aliphatic rings. The number of fused-ring (bicyclic) bond motifs is 1. The predicted molar refractivity (Wildman–Crippen MR) is 83.5 cm³/mol. The van der Waals surface area contributed by atoms with Crippen molar-refractivity contribution in [2.24, 2.45) is 5.92 Å². The maximum atomic E-state index is 11.8. The van der Waals surface area contributed by atoms with E-state index in [2.05, 4.69) is 10.6 Å². The normalized spacial score (nSPS) is 12.3. The number of carboxylic acids is 1. The first-order valence-electron chi connectivity index (χ1n) is 6.71. The summed E-state index contributed by atoms with van der Waals surface area (Å²) in [5, 5.41) is 17.4. The van der Waals surface area contributed by atoms with Crippen LogP contribution in [-0.4, -0.2) is 23.1 Å². The van der Waals surface area contributed by atoms with Crippen LogP contribution in [0.15, 0.2) is 29.6 Å². The highest BCUT2D eigenvalue weighted by molar-refractivity contribution is 7.17. The molecule has 21 heavy (non-hydrogen) atoms. The summed E-state index contributed by atoms with van der Waals surface area (Å²) in [6, 6.07) is 6.62. The van der Waals surface area contributed by atoms with Gasteiger partial charge in [0, 0.05) is 11.2 Å². The molecule has 0 radical (unpaired) electrons. The highest BCUT2D eigenvalue weighted by Crippen LogP contribution is 2.25. The molecule has 2 aromatic rings. The second-order valence-electron chi connectivity index (χ2n) is 5.14. The van der Waals surface area contributed by atoms with Gasteiger partial charge < -0.3 is 15.7 Å². The molecular formula is C15H18N2O3S. The summed E-state index contributed by atoms with van der Waals surface area (Å²) in [5.74, 6) is -1.20. The minimum absolute atomic E-state index is 0.171. The lowest BCUT2D eigenvalue weighted by Gasteiger charge is -2.18. The van der Waals surface area contributed by atoms with Gasteiger partial charge in [0.25, 0.3) is 0 Å². The summed E-state index contributed by atoms with van der Waals surface area (Å²) in [7, 11) is 0. The third kappa shape index (κ3) is 3.72. The maximum Gasteiger partial charge on any atom is 0.326 e. The Morgan fingerprint density at radius 1 is 1.29 bits per heavy atom. The maximum absolute atomic E-state index is 11.8. The number of hydrogen-bond donors (Lipinski definition) is 3. The van der Waals surface area contributed by atoms with E-state index >= 15 is 0 Å². The zero-order chi connectivity index (χ0) is 15.4. The lowest BCUT2D eigenvalue weighted by Crippen LogP contribution is -2.48. The summed E-state index contributed by atoms with van der Waals surface area (Å²) in [6.07, 6.45) is 0. The molecule has 0 spiro atoms. The lowest BCUT2D eigenvalue weighted by molar-refractivity contribution is -0.140. The third-order valence-corrected chi connectivity index (χ3v) is 4.23. The van der Waals surface area contributed by atoms with E-state index in [1.165, 1.54) is 4.70 Å². The van der Waals surface area contributed by atoms with Crippen LogP contribution in [0.25, 0.3) is 10.1 Å². The van der Waals surface area contributed by atoms with Crippen LogP contribution < -0.4 is 10.6 Å². The van der Waals surface area contributed by atoms with Gasteiger partial charge in [0.2, 0.25) is 0 Å². The molecule has 2 amide bonds. The number of rotatable bonds is 5. The van der Waals surface area contributed by atoms with Gasteiger partial charge in [-0.3, -0.25) is 0 Å². The molecule has 1 atom stereocenters. The number of amides is 2. The van der Waals surface area contributed by atoms with Gasteiger partial charge in [-0.25, -0.2) is 9.59 Å². The van der Waals surface area contributed by atoms with Gasteiger partial charge >= 0.3 is 12.0 Å². The number of carboxylic acid groups (broad SMARTS) is 1. The summed E-state index contributed by atoms with van der Waals surface area (Å²) in [5.41, 5.74) is 1.03. The minimum atomic E-state index is -1.03. The fraction of sp³-hybridized carbons (Fsp3) is 0.333. The third-order valence-electron chi connectivity index (χ3n) is 3.22. The average molecular weight is 306 g/mol. The van der Waals surface area contributed by atoms with Gasteiger partial charge in [0.15, 0.2) is 0 Å². The molecule has 0 bridgehead atoms. The molecule has 1 unspecified atom stereocenters. The standard InChI is InChI=1S/C15H18N2O3S/c1-9(2)13(14(18)19)17-15(20)16-7-10-8-21-12-6-4-3-5-11(10)12/h3-6,8-9,13H,7H2,1-2H3,(H,18,19)(H2,16,17,20). The highest BCUT2D eigenvalue weighted by Gasteiger charge is 2.23. The average Bonchev–Trinajstić information content (AvgIpc) is 2.85. The zero-order valence-electron chi connectivity index (χ0n) is 11.9. The Morgan fingerprint density at radius 2 is 2.00 bits per heavy atom. The first-order chi connectivity index (χ1) is 9.99. The second kappa shape index (κ2) is 6.58. The van der Waals surface area contributed by atoms with Gasteiger partial charge in [-0.1, -0.05) is 32.0 Å². The van der Waals surface area contributed by atoms with Gasteiger partial charge in [0.05, 0.1) is 0 Å². The number of carbonyl (C=O) groups is 2. The zero-order valence-corrected chi connectivity index (χ0v) is 12.7. The number of thiophene rings is 1. The minimum Gasteiger partial charge on any atom is -0.480 e. The molecule has 5 nitrogen and oxygen atoms in total. The molecule has 0 saturated heterocycles. The Balaban J connectivity index is 1.96. The topological polar surface area (TPSA) is 78.4 Å². The molecule has 0 fully saturated rings. The van der Waals surface area contributed by atoms with Gasteiger partial charge in [0.1, 0.15) is 6.04 Å². The molecule has 3 N–H and O–H groups in total. The van der Waals surface area contributed by atoms with Crippen LogP contribution in [-0.2, 0) is 11.3 Å². The van der Waals surface area contributed by atoms with Crippen LogP contribution in [0.3, 0.4) is 0 Å². The van der Waals surface area contributed by atoms with Crippen LogP contribution in [0.5, 0.6) is 0 Å². The monoisotopic (exact) mass is 306 g/mol. The molecule has 1 heterocycles. The SMILES string of the molecule is CC(C)C(NC(=O)NCc1csc2ccccc12)C(=O)O. The number of benzene rings is 1. The predicted octanol–water partition coefficient (Wildman–Crippen LogP) is 2.81. The van der Waals surface area contributed by atoms with Crippen LogP contribution in [0.2, 0.25) is 0 Å². The number of urea groups is 1. The van der Waals surface area contributed by atoms with Crippen LogP contribution in [0, 0.1) is 5.92 Å². The molecule has 0 aliphatic carbocycles. The Bertz CT molecular complexity index is 651. The van der Waals surface area contributed by atoms with Crippen molar-refractivity contribution in [1.29, 1.82) is 0 Å². The first kappa shape index (κ1) is 15.3. The van der Waals surface area contributed by atoms with E-state index < -0.39 is 18.0 Å². The smallest absolute Gasteiger partial charge is 0.326 e. The number of aliphatic carboxylic acids is 1. The summed E-state index contributed by atoms with van der Waals surface area (Å²) >= 11 is 1.62. The van der Waals surface area contributed by atoms with E-state index in [4.69, 9.17) is 5.11 Å². The van der Waals surface area contributed by atoms with E-state index in [0.29, 0.717) is 6.54 Å². The van der Waals surface area contributed by atoms with Gasteiger partial charge in [-0.2, -0.15) is 0 Å². The van der Waals surface area contributed by atoms with E-state index in [9.17, 15) is 9.59 Å². The fourth-order valence-corrected chi connectivity index (χ4v) is 3.01. The largest absolute Gasteiger partial charge is 0.480 e. The Kier molecular flexibility index (Phi) is 4.80. The van der Waals surface area contributed by atoms with Crippen molar-refractivity contribution in [3.8, 4) is 0 Å². The van der Waals surface area contributed by atoms with Crippen molar-refractivity contribution in [3.05, 3.63) is 35.2 Å². The summed E-state index contributed by atoms with van der Waals surface area (Å²) < 4.78 is 1.17. The van der Waals surface area contributed by atoms with Crippen molar-refractivity contribution >= 4 is 33.4 Å². The molecular weight excluding hydrogens is 288 g/mol. The van der Waals surface area contributed by atoms with Gasteiger partial charge in [-0.15, -0.1) is 11.3 Å². The Labute approximate surface area is 127 Å². The van der Waals surface area contributed by atoms with E-state index in [1.807, 2.05) is 29.6 Å². The summed E-state index contributed by atoms with van der Waals surface area (Å²) in [6.45, 7) is 3.89. The molecule has 1 aromatic heterocycles. The lowest BCUT2D eigenvalue weighted by atomic mass is 10.1. The molecule has 6 heteroatoms. The van der Waals surface area contributed by atoms with Crippen molar-refractivity contribution in [2.75, 3.05) is 0 Å². The fourth-order valence-electron chi connectivity index (χ4n) is 2.05. The quantitative estimate of drug-likeness (QED) is 0.795. The summed E-state index contributed by atoms with van der Waals surface area (Å²) in [4.78, 5) is 22.9. The first-order valence-corrected chi connectivity index (χ1v) is 7.59. The van der Waals surface area contributed by atoms with E-state index in [1.54, 1.807) is 25.2 Å². The van der Waals surface area contributed by atoms with Crippen LogP contribution >= 0.6 is 11.3 Å². The number of carbonyl (C=O) groups excluding carboxylic acids is 1. The van der Waals surface area contributed by atoms with Crippen molar-refractivity contribution in [1.82, 2.24) is 10.6 Å². The van der Waals surface area contributed by atoms with Crippen LogP contribution in [0.4, 0.5) is 4.79 Å². The van der Waals surface area contributed by atoms with E-state index in [-0.39, 0.29) is 5.92 Å². The van der Waals surface area contributed by atoms with E-state index in [0.717, 1.165) is 10.9 Å². The van der Waals surface area contributed by atoms with Gasteiger partial charge in [-0.05, 0) is 28.3 Å². The Hall–Kier alpha value is -2.08. The van der Waals surface area contributed by atoms with Crippen molar-refractivity contribution in [3.63, 3.8) is 0 Å². The number of nitrogens with one attached hydrogen (secondary N) is 2. The van der Waals surface area contributed by atoms with Crippen molar-refractivity contribution < 1.29 is 14.7 Å².